The summed E-state index contributed by atoms with van der Waals surface area (Å²) in [6.07, 6.45) is 0. The molecule has 8 nitrogen and oxygen atoms in total. The van der Waals surface area contributed by atoms with Crippen LogP contribution in [0.25, 0.3) is 210 Å². The Labute approximate surface area is 614 Å². The van der Waals surface area contributed by atoms with Crippen molar-refractivity contribution >= 4 is 131 Å². The maximum atomic E-state index is 6.48. The van der Waals surface area contributed by atoms with Gasteiger partial charge < -0.3 is 8.83 Å². The van der Waals surface area contributed by atoms with Crippen molar-refractivity contribution in [3.8, 4) is 78.9 Å². The molecule has 1 aliphatic carbocycles. The maximum absolute atomic E-state index is 6.48. The third kappa shape index (κ3) is 9.35. The Hall–Kier alpha value is -14.1. The standard InChI is InChI=1S/C51H33N3O.C48H29N3O/c1-51(2)41-18-7-3-12-34(41)35-26-24-32(29-42(35)51)48-38-14-4-8-19-43(38)52-50(53-48)54-44-20-9-5-15-39(44)47-40-28-31(23-22-30(40)25-27-45(47)54)33-16-11-17-37-36-13-6-10-21-46(36)55-49(33)37;1-2-12-30(13-3-1)32-14-10-15-34(28-32)46-38-17-4-7-21-41(38)49-48(50-46)51-42-22-8-5-18-39(42)45-40-29-33(25-24-31(40)26-27-43(45)51)35-19-11-20-37-36-16-6-9-23-44(36)52-47(35)37/h3-29H,1-2H3;1-29H. The van der Waals surface area contributed by atoms with Crippen LogP contribution >= 0.6 is 0 Å². The van der Waals surface area contributed by atoms with E-state index in [0.29, 0.717) is 11.9 Å². The number of hydrogen-bond acceptors (Lipinski definition) is 6. The normalized spacial score (nSPS) is 12.7. The van der Waals surface area contributed by atoms with E-state index < -0.39 is 0 Å². The van der Waals surface area contributed by atoms with Crippen molar-refractivity contribution in [2.45, 2.75) is 19.3 Å². The molecule has 0 bridgehead atoms. The summed E-state index contributed by atoms with van der Waals surface area (Å²) in [5, 5.41) is 16.0. The summed E-state index contributed by atoms with van der Waals surface area (Å²) in [6.45, 7) is 4.66. The van der Waals surface area contributed by atoms with Gasteiger partial charge in [0.25, 0.3) is 0 Å². The molecule has 0 radical (unpaired) electrons. The summed E-state index contributed by atoms with van der Waals surface area (Å²) in [7, 11) is 0. The molecule has 6 heterocycles. The molecule has 8 heteroatoms. The van der Waals surface area contributed by atoms with Gasteiger partial charge >= 0.3 is 0 Å². The number of para-hydroxylation sites is 8. The third-order valence-corrected chi connectivity index (χ3v) is 22.4. The number of rotatable bonds is 7. The predicted molar refractivity (Wildman–Crippen MR) is 442 cm³/mol. The average molecular weight is 1370 g/mol. The van der Waals surface area contributed by atoms with E-state index in [2.05, 4.69) is 332 Å². The van der Waals surface area contributed by atoms with Crippen LogP contribution in [0.1, 0.15) is 25.0 Å². The highest BCUT2D eigenvalue weighted by Crippen LogP contribution is 2.51. The first-order valence-electron chi connectivity index (χ1n) is 36.5. The predicted octanol–water partition coefficient (Wildman–Crippen LogP) is 26.2. The van der Waals surface area contributed by atoms with Crippen LogP contribution in [0.5, 0.6) is 0 Å². The van der Waals surface area contributed by atoms with E-state index in [1.807, 2.05) is 30.3 Å². The second-order valence-electron chi connectivity index (χ2n) is 28.7. The lowest BCUT2D eigenvalue weighted by Crippen LogP contribution is -2.15. The Balaban J connectivity index is 0.000000133. The number of nitrogens with zero attached hydrogens (tertiary/aromatic N) is 6. The van der Waals surface area contributed by atoms with Crippen LogP contribution in [0.3, 0.4) is 0 Å². The minimum absolute atomic E-state index is 0.115. The van der Waals surface area contributed by atoms with Gasteiger partial charge in [0.2, 0.25) is 11.9 Å². The van der Waals surface area contributed by atoms with E-state index in [0.717, 1.165) is 149 Å². The van der Waals surface area contributed by atoms with Gasteiger partial charge in [0.1, 0.15) is 22.3 Å². The van der Waals surface area contributed by atoms with Crippen LogP contribution < -0.4 is 0 Å². The second-order valence-corrected chi connectivity index (χ2v) is 28.7. The maximum Gasteiger partial charge on any atom is 0.235 e. The fourth-order valence-corrected chi connectivity index (χ4v) is 17.4. The Morgan fingerprint density at radius 1 is 0.252 bits per heavy atom. The zero-order chi connectivity index (χ0) is 70.6. The van der Waals surface area contributed by atoms with Gasteiger partial charge in [-0.3, -0.25) is 9.13 Å². The topological polar surface area (TPSA) is 87.7 Å². The smallest absolute Gasteiger partial charge is 0.235 e. The van der Waals surface area contributed by atoms with Crippen molar-refractivity contribution in [1.29, 1.82) is 0 Å². The van der Waals surface area contributed by atoms with Crippen molar-refractivity contribution < 1.29 is 8.83 Å². The fourth-order valence-electron chi connectivity index (χ4n) is 17.4. The first-order valence-corrected chi connectivity index (χ1v) is 36.5. The van der Waals surface area contributed by atoms with Crippen LogP contribution in [0, 0.1) is 0 Å². The van der Waals surface area contributed by atoms with Gasteiger partial charge in [-0.1, -0.05) is 281 Å². The van der Waals surface area contributed by atoms with Crippen molar-refractivity contribution in [1.82, 2.24) is 29.1 Å². The van der Waals surface area contributed by atoms with Crippen molar-refractivity contribution in [3.63, 3.8) is 0 Å². The van der Waals surface area contributed by atoms with Gasteiger partial charge in [-0.2, -0.15) is 0 Å². The minimum atomic E-state index is -0.115. The molecular weight excluding hydrogens is 1310 g/mol. The van der Waals surface area contributed by atoms with Crippen molar-refractivity contribution in [3.05, 3.63) is 351 Å². The van der Waals surface area contributed by atoms with Crippen LogP contribution in [-0.2, 0) is 5.41 Å². The largest absolute Gasteiger partial charge is 0.455 e. The molecule has 107 heavy (non-hydrogen) atoms. The SMILES string of the molecule is CC1(C)c2ccccc2-c2ccc(-c3nc(-n4c5ccccc5c5c6cc(-c7cccc8c7oc7ccccc78)ccc6ccc54)nc4ccccc34)cc21.c1ccc(-c2cccc(-c3nc(-n4c5ccccc5c5c6cc(-c7cccc8c7oc7ccccc78)ccc6ccc54)nc4ccccc34)c2)cc1. The Kier molecular flexibility index (Phi) is 13.3. The molecule has 0 unspecified atom stereocenters. The average Bonchev–Trinajstić information content (AvgIpc) is 1.59. The third-order valence-electron chi connectivity index (χ3n) is 22.4. The summed E-state index contributed by atoms with van der Waals surface area (Å²) in [4.78, 5) is 21.4. The monoisotopic (exact) mass is 1370 g/mol. The van der Waals surface area contributed by atoms with Crippen molar-refractivity contribution in [2.75, 3.05) is 0 Å². The Morgan fingerprint density at radius 2 is 0.664 bits per heavy atom. The molecule has 500 valence electrons. The molecule has 0 N–H and O–H groups in total. The molecule has 1 aliphatic rings. The minimum Gasteiger partial charge on any atom is -0.455 e. The van der Waals surface area contributed by atoms with Crippen molar-refractivity contribution in [2.24, 2.45) is 0 Å². The number of hydrogen-bond donors (Lipinski definition) is 0. The first-order chi connectivity index (χ1) is 52.8. The molecule has 0 amide bonds. The van der Waals surface area contributed by atoms with Gasteiger partial charge in [-0.25, -0.2) is 19.9 Å². The van der Waals surface area contributed by atoms with Crippen LogP contribution in [0.2, 0.25) is 0 Å². The molecule has 6 aromatic heterocycles. The molecule has 16 aromatic carbocycles. The molecule has 22 aromatic rings. The van der Waals surface area contributed by atoms with Crippen LogP contribution in [-0.4, -0.2) is 29.1 Å². The van der Waals surface area contributed by atoms with E-state index in [-0.39, 0.29) is 5.41 Å². The highest BCUT2D eigenvalue weighted by Gasteiger charge is 2.36. The van der Waals surface area contributed by atoms with Gasteiger partial charge in [0.05, 0.1) is 44.5 Å². The Morgan fingerprint density at radius 3 is 1.23 bits per heavy atom. The van der Waals surface area contributed by atoms with E-state index in [1.165, 1.54) is 60.1 Å². The summed E-state index contributed by atoms with van der Waals surface area (Å²) in [6, 6.07) is 121. The first kappa shape index (κ1) is 60.5. The van der Waals surface area contributed by atoms with Crippen LogP contribution in [0.15, 0.2) is 349 Å². The van der Waals surface area contributed by atoms with E-state index in [9.17, 15) is 0 Å². The van der Waals surface area contributed by atoms with Gasteiger partial charge in [0.15, 0.2) is 0 Å². The van der Waals surface area contributed by atoms with Gasteiger partial charge in [0, 0.05) is 81.5 Å². The van der Waals surface area contributed by atoms with E-state index in [4.69, 9.17) is 28.8 Å². The molecule has 0 spiro atoms. The number of benzene rings is 16. The molecular formula is C99H62N6O2. The molecule has 0 atom stereocenters. The van der Waals surface area contributed by atoms with E-state index in [1.54, 1.807) is 0 Å². The zero-order valence-corrected chi connectivity index (χ0v) is 58.3. The molecule has 0 fully saturated rings. The summed E-state index contributed by atoms with van der Waals surface area (Å²) in [5.41, 5.74) is 25.6. The van der Waals surface area contributed by atoms with Gasteiger partial charge in [-0.15, -0.1) is 0 Å². The Bertz CT molecular complexity index is 7500. The molecule has 0 aliphatic heterocycles. The lowest BCUT2D eigenvalue weighted by atomic mass is 9.82. The summed E-state index contributed by atoms with van der Waals surface area (Å²) < 4.78 is 17.4. The highest BCUT2D eigenvalue weighted by molar-refractivity contribution is 6.24. The quantitative estimate of drug-likeness (QED) is 0.158. The number of furan rings is 2. The van der Waals surface area contributed by atoms with Crippen LogP contribution in [0.4, 0.5) is 0 Å². The lowest BCUT2D eigenvalue weighted by molar-refractivity contribution is 0.660. The number of fused-ring (bicyclic) bond motifs is 21. The molecule has 0 saturated carbocycles. The number of aromatic nitrogens is 6. The lowest BCUT2D eigenvalue weighted by Gasteiger charge is -2.22. The highest BCUT2D eigenvalue weighted by atomic mass is 16.3. The van der Waals surface area contributed by atoms with Gasteiger partial charge in [-0.05, 0) is 139 Å². The fraction of sp³-hybridized carbons (Fsp3) is 0.0303. The zero-order valence-electron chi connectivity index (χ0n) is 58.3. The second kappa shape index (κ2) is 23.5. The molecule has 23 rings (SSSR count). The molecule has 0 saturated heterocycles. The summed E-state index contributed by atoms with van der Waals surface area (Å²) >= 11 is 0. The van der Waals surface area contributed by atoms with E-state index >= 15 is 0 Å². The summed E-state index contributed by atoms with van der Waals surface area (Å²) in [5.74, 6) is 1.30.